The van der Waals surface area contributed by atoms with E-state index in [1.54, 1.807) is 20.2 Å². The van der Waals surface area contributed by atoms with Gasteiger partial charge in [0.1, 0.15) is 5.82 Å². The molecule has 3 saturated carbocycles. The van der Waals surface area contributed by atoms with E-state index in [9.17, 15) is 18.0 Å². The van der Waals surface area contributed by atoms with Crippen molar-refractivity contribution in [3.05, 3.63) is 63.2 Å². The quantitative estimate of drug-likeness (QED) is 0.453. The lowest BCUT2D eigenvalue weighted by atomic mass is 9.54. The first-order chi connectivity index (χ1) is 17.6. The summed E-state index contributed by atoms with van der Waals surface area (Å²) in [5, 5.41) is 0.376. The lowest BCUT2D eigenvalue weighted by Gasteiger charge is -2.51. The number of hydrogen-bond donors (Lipinski definition) is 0. The van der Waals surface area contributed by atoms with Crippen molar-refractivity contribution >= 4 is 10.9 Å². The average Bonchev–Trinajstić information content (AvgIpc) is 2.85. The number of hydrogen-bond acceptors (Lipinski definition) is 5. The highest BCUT2D eigenvalue weighted by Crippen LogP contribution is 2.59. The van der Waals surface area contributed by atoms with Gasteiger partial charge < -0.3 is 4.74 Å². The van der Waals surface area contributed by atoms with Crippen LogP contribution in [0, 0.1) is 31.6 Å². The second kappa shape index (κ2) is 8.89. The molecule has 3 aromatic heterocycles. The van der Waals surface area contributed by atoms with E-state index >= 15 is 0 Å². The predicted octanol–water partition coefficient (Wildman–Crippen LogP) is 5.67. The first-order valence-electron chi connectivity index (χ1n) is 13.1. The van der Waals surface area contributed by atoms with Crippen molar-refractivity contribution in [1.82, 2.24) is 19.5 Å². The van der Waals surface area contributed by atoms with Crippen molar-refractivity contribution in [2.24, 2.45) is 24.8 Å². The molecule has 0 N–H and O–H groups in total. The number of pyridine rings is 2. The van der Waals surface area contributed by atoms with Crippen LogP contribution in [0.5, 0.6) is 0 Å². The summed E-state index contributed by atoms with van der Waals surface area (Å²) in [5.74, 6) is -1.29. The van der Waals surface area contributed by atoms with Gasteiger partial charge in [0.15, 0.2) is 0 Å². The normalized spacial score (nSPS) is 29.8. The van der Waals surface area contributed by atoms with Crippen molar-refractivity contribution in [1.29, 1.82) is 0 Å². The van der Waals surface area contributed by atoms with Gasteiger partial charge in [-0.05, 0) is 81.5 Å². The molecule has 7 rings (SSSR count). The van der Waals surface area contributed by atoms with Gasteiger partial charge in [0.05, 0.1) is 28.6 Å². The van der Waals surface area contributed by atoms with Gasteiger partial charge in [-0.3, -0.25) is 19.3 Å². The molecule has 4 aliphatic rings. The minimum atomic E-state index is -4.24. The first-order valence-corrected chi connectivity index (χ1v) is 13.1. The Morgan fingerprint density at radius 3 is 2.57 bits per heavy atom. The fraction of sp³-hybridized carbons (Fsp3) is 0.571. The summed E-state index contributed by atoms with van der Waals surface area (Å²) in [4.78, 5) is 27.4. The Kier molecular flexibility index (Phi) is 5.89. The molecule has 196 valence electrons. The summed E-state index contributed by atoms with van der Waals surface area (Å²) in [5.41, 5.74) is 3.58. The number of halogens is 3. The van der Waals surface area contributed by atoms with Crippen LogP contribution in [-0.4, -0.2) is 32.3 Å². The summed E-state index contributed by atoms with van der Waals surface area (Å²) in [6.07, 6.45) is -0.0389. The van der Waals surface area contributed by atoms with Crippen molar-refractivity contribution < 1.29 is 17.9 Å². The smallest absolute Gasteiger partial charge is 0.373 e. The summed E-state index contributed by atoms with van der Waals surface area (Å²) in [6.45, 7) is 4.27. The highest BCUT2D eigenvalue weighted by molar-refractivity contribution is 5.81. The average molecular weight is 513 g/mol. The molecule has 1 aliphatic heterocycles. The van der Waals surface area contributed by atoms with Crippen molar-refractivity contribution in [3.63, 3.8) is 0 Å². The lowest BCUT2D eigenvalue weighted by Crippen LogP contribution is -2.47. The SMILES string of the molecule is Cc1cc([C@H]2C[C@@H](c3cc4nc(C)n(C)c(=O)c4c([C@H]4CC(C(F)(F)F)C5CC4C5)n3)CCO2)ccn1. The molecule has 6 nitrogen and oxygen atoms in total. The number of ether oxygens (including phenoxy) is 1. The molecule has 37 heavy (non-hydrogen) atoms. The van der Waals surface area contributed by atoms with Gasteiger partial charge in [-0.1, -0.05) is 0 Å². The fourth-order valence-corrected chi connectivity index (χ4v) is 6.75. The van der Waals surface area contributed by atoms with E-state index in [-0.39, 0.29) is 35.8 Å². The second-order valence-corrected chi connectivity index (χ2v) is 11.1. The Hall–Kier alpha value is -2.81. The van der Waals surface area contributed by atoms with Crippen molar-refractivity contribution in [3.8, 4) is 0 Å². The third-order valence-corrected chi connectivity index (χ3v) is 8.96. The molecule has 4 atom stereocenters. The van der Waals surface area contributed by atoms with E-state index in [2.05, 4.69) is 4.98 Å². The Morgan fingerprint density at radius 2 is 1.84 bits per heavy atom. The summed E-state index contributed by atoms with van der Waals surface area (Å²) >= 11 is 0. The monoisotopic (exact) mass is 512 g/mol. The first kappa shape index (κ1) is 24.5. The molecule has 4 heterocycles. The fourth-order valence-electron chi connectivity index (χ4n) is 6.75. The Morgan fingerprint density at radius 1 is 1.05 bits per heavy atom. The molecular formula is C28H31F3N4O2. The van der Waals surface area contributed by atoms with Gasteiger partial charge in [-0.15, -0.1) is 0 Å². The molecule has 2 bridgehead atoms. The molecule has 3 aliphatic carbocycles. The molecule has 0 aromatic carbocycles. The van der Waals surface area contributed by atoms with Crippen LogP contribution in [0.25, 0.3) is 10.9 Å². The molecule has 0 spiro atoms. The number of aromatic nitrogens is 4. The van der Waals surface area contributed by atoms with Crippen LogP contribution < -0.4 is 5.56 Å². The van der Waals surface area contributed by atoms with Gasteiger partial charge >= 0.3 is 6.18 Å². The van der Waals surface area contributed by atoms with E-state index < -0.39 is 18.0 Å². The molecular weight excluding hydrogens is 481 g/mol. The Bertz CT molecular complexity index is 1410. The van der Waals surface area contributed by atoms with Crippen LogP contribution in [0.3, 0.4) is 0 Å². The van der Waals surface area contributed by atoms with Crippen LogP contribution in [0.15, 0.2) is 29.2 Å². The van der Waals surface area contributed by atoms with Crippen molar-refractivity contribution in [2.45, 2.75) is 70.1 Å². The minimum Gasteiger partial charge on any atom is -0.373 e. The van der Waals surface area contributed by atoms with Gasteiger partial charge in [0.2, 0.25) is 0 Å². The van der Waals surface area contributed by atoms with Gasteiger partial charge in [0, 0.05) is 43.1 Å². The topological polar surface area (TPSA) is 69.9 Å². The molecule has 9 heteroatoms. The maximum Gasteiger partial charge on any atom is 0.392 e. The van der Waals surface area contributed by atoms with E-state index in [4.69, 9.17) is 14.7 Å². The van der Waals surface area contributed by atoms with E-state index in [1.807, 2.05) is 25.1 Å². The van der Waals surface area contributed by atoms with Crippen LogP contribution in [0.4, 0.5) is 13.2 Å². The van der Waals surface area contributed by atoms with Crippen molar-refractivity contribution in [2.75, 3.05) is 6.61 Å². The predicted molar refractivity (Wildman–Crippen MR) is 132 cm³/mol. The van der Waals surface area contributed by atoms with Crippen LogP contribution >= 0.6 is 0 Å². The summed E-state index contributed by atoms with van der Waals surface area (Å²) in [7, 11) is 1.65. The third kappa shape index (κ3) is 4.25. The number of aryl methyl sites for hydroxylation is 2. The Balaban J connectivity index is 1.44. The summed E-state index contributed by atoms with van der Waals surface area (Å²) in [6, 6.07) is 5.86. The molecule has 0 radical (unpaired) electrons. The van der Waals surface area contributed by atoms with Gasteiger partial charge in [-0.2, -0.15) is 13.2 Å². The maximum atomic E-state index is 13.9. The van der Waals surface area contributed by atoms with Crippen LogP contribution in [-0.2, 0) is 11.8 Å². The zero-order valence-corrected chi connectivity index (χ0v) is 21.3. The van der Waals surface area contributed by atoms with Gasteiger partial charge in [0.25, 0.3) is 5.56 Å². The Labute approximate surface area is 213 Å². The number of rotatable bonds is 3. The number of fused-ring (bicyclic) bond motifs is 3. The standard InChI is InChI=1S/C28H31F3N4O2/c1-14-8-17(4-6-32-14)24-11-16(5-7-37-24)22-13-23-25(27(36)35(3)15(2)33-23)26(34-22)20-12-21(28(29,30)31)19-9-18(20)10-19/h4,6,8,13,16,18-21,24H,5,7,9-12H2,1-3H3/t16-,18?,19?,20-,21?,24+/m0/s1. The maximum absolute atomic E-state index is 13.9. The lowest BCUT2D eigenvalue weighted by molar-refractivity contribution is -0.219. The second-order valence-electron chi connectivity index (χ2n) is 11.1. The zero-order chi connectivity index (χ0) is 26.1. The molecule has 1 saturated heterocycles. The van der Waals surface area contributed by atoms with Gasteiger partial charge in [-0.25, -0.2) is 4.98 Å². The van der Waals surface area contributed by atoms with E-state index in [0.29, 0.717) is 48.3 Å². The number of alkyl halides is 3. The molecule has 1 unspecified atom stereocenters. The van der Waals surface area contributed by atoms with Crippen LogP contribution in [0.2, 0.25) is 0 Å². The highest BCUT2D eigenvalue weighted by Gasteiger charge is 2.56. The third-order valence-electron chi connectivity index (χ3n) is 8.96. The minimum absolute atomic E-state index is 0.00584. The van der Waals surface area contributed by atoms with E-state index in [0.717, 1.165) is 23.4 Å². The highest BCUT2D eigenvalue weighted by atomic mass is 19.4. The molecule has 4 fully saturated rings. The van der Waals surface area contributed by atoms with E-state index in [1.165, 1.54) is 4.57 Å². The zero-order valence-electron chi connectivity index (χ0n) is 21.3. The number of nitrogens with zero attached hydrogens (tertiary/aromatic N) is 4. The molecule has 3 aromatic rings. The summed E-state index contributed by atoms with van der Waals surface area (Å²) < 4.78 is 49.3. The largest absolute Gasteiger partial charge is 0.392 e. The molecule has 0 amide bonds. The van der Waals surface area contributed by atoms with Crippen LogP contribution in [0.1, 0.15) is 78.5 Å².